The monoisotopic (exact) mass is 321 g/mol. The van der Waals surface area contributed by atoms with Crippen LogP contribution in [0.2, 0.25) is 0 Å². The smallest absolute Gasteiger partial charge is 0.251 e. The first kappa shape index (κ1) is 16.3. The minimum absolute atomic E-state index is 0.0601. The van der Waals surface area contributed by atoms with E-state index in [1.54, 1.807) is 6.07 Å². The van der Waals surface area contributed by atoms with Crippen LogP contribution in [0.1, 0.15) is 23.1 Å². The molecule has 0 atom stereocenters. The van der Waals surface area contributed by atoms with Gasteiger partial charge in [-0.05, 0) is 56.0 Å². The van der Waals surface area contributed by atoms with Gasteiger partial charge in [-0.3, -0.25) is 4.79 Å². The first-order valence-corrected chi connectivity index (χ1v) is 8.35. The lowest BCUT2D eigenvalue weighted by atomic mass is 10.1. The number of benzene rings is 2. The molecule has 0 saturated carbocycles. The standard InChI is InChI=1S/C21H23NO2/c1-15-7-4-9-18(13-15)24-12-6-11-22-20(23)14-17(3)19-10-5-8-16(2)21(19)22/h4-5,7-10,13-14H,6,11-12H2,1-3H3. The van der Waals surface area contributed by atoms with Gasteiger partial charge in [-0.2, -0.15) is 0 Å². The zero-order valence-corrected chi connectivity index (χ0v) is 14.5. The fourth-order valence-corrected chi connectivity index (χ4v) is 3.13. The zero-order valence-electron chi connectivity index (χ0n) is 14.5. The number of hydrogen-bond donors (Lipinski definition) is 0. The van der Waals surface area contributed by atoms with Gasteiger partial charge in [0.25, 0.3) is 5.56 Å². The summed E-state index contributed by atoms with van der Waals surface area (Å²) in [4.78, 5) is 12.4. The van der Waals surface area contributed by atoms with Gasteiger partial charge in [-0.25, -0.2) is 0 Å². The van der Waals surface area contributed by atoms with Crippen molar-refractivity contribution in [1.29, 1.82) is 0 Å². The Morgan fingerprint density at radius 1 is 0.958 bits per heavy atom. The van der Waals surface area contributed by atoms with Gasteiger partial charge in [0.1, 0.15) is 5.75 Å². The minimum atomic E-state index is 0.0601. The highest BCUT2D eigenvalue weighted by Gasteiger charge is 2.08. The van der Waals surface area contributed by atoms with Gasteiger partial charge in [0, 0.05) is 18.0 Å². The first-order valence-electron chi connectivity index (χ1n) is 8.35. The molecule has 0 fully saturated rings. The molecule has 1 aromatic heterocycles. The maximum atomic E-state index is 12.4. The van der Waals surface area contributed by atoms with Crippen molar-refractivity contribution in [2.75, 3.05) is 6.61 Å². The van der Waals surface area contributed by atoms with E-state index in [1.165, 1.54) is 5.56 Å². The summed E-state index contributed by atoms with van der Waals surface area (Å²) in [7, 11) is 0. The average molecular weight is 321 g/mol. The maximum absolute atomic E-state index is 12.4. The van der Waals surface area contributed by atoms with Crippen LogP contribution in [0.25, 0.3) is 10.9 Å². The summed E-state index contributed by atoms with van der Waals surface area (Å²) in [5.74, 6) is 0.882. The predicted octanol–water partition coefficient (Wildman–Crippen LogP) is 4.40. The largest absolute Gasteiger partial charge is 0.494 e. The molecule has 3 rings (SSSR count). The third kappa shape index (κ3) is 3.35. The van der Waals surface area contributed by atoms with Gasteiger partial charge in [0.05, 0.1) is 12.1 Å². The van der Waals surface area contributed by atoms with Crippen molar-refractivity contribution in [1.82, 2.24) is 4.57 Å². The van der Waals surface area contributed by atoms with Crippen molar-refractivity contribution < 1.29 is 4.74 Å². The Morgan fingerprint density at radius 2 is 1.75 bits per heavy atom. The van der Waals surface area contributed by atoms with Crippen molar-refractivity contribution in [2.24, 2.45) is 0 Å². The Morgan fingerprint density at radius 3 is 2.54 bits per heavy atom. The van der Waals surface area contributed by atoms with E-state index < -0.39 is 0 Å². The average Bonchev–Trinajstić information content (AvgIpc) is 2.54. The molecule has 0 saturated heterocycles. The third-order valence-electron chi connectivity index (χ3n) is 4.32. The van der Waals surface area contributed by atoms with Gasteiger partial charge in [0.15, 0.2) is 0 Å². The van der Waals surface area contributed by atoms with Crippen LogP contribution < -0.4 is 10.3 Å². The molecule has 3 nitrogen and oxygen atoms in total. The summed E-state index contributed by atoms with van der Waals surface area (Å²) < 4.78 is 7.67. The summed E-state index contributed by atoms with van der Waals surface area (Å²) in [5.41, 5.74) is 4.45. The Balaban J connectivity index is 1.77. The SMILES string of the molecule is Cc1cccc(OCCCn2c(=O)cc(C)c3cccc(C)c32)c1. The van der Waals surface area contributed by atoms with E-state index in [1.807, 2.05) is 48.7 Å². The lowest BCUT2D eigenvalue weighted by Crippen LogP contribution is -2.22. The molecule has 3 aromatic rings. The van der Waals surface area contributed by atoms with Crippen LogP contribution in [0.5, 0.6) is 5.75 Å². The van der Waals surface area contributed by atoms with Crippen LogP contribution in [-0.4, -0.2) is 11.2 Å². The molecule has 0 unspecified atom stereocenters. The van der Waals surface area contributed by atoms with Crippen molar-refractivity contribution in [2.45, 2.75) is 33.7 Å². The highest BCUT2D eigenvalue weighted by molar-refractivity contribution is 5.85. The Kier molecular flexibility index (Phi) is 4.70. The Bertz CT molecular complexity index is 925. The second-order valence-electron chi connectivity index (χ2n) is 6.31. The summed E-state index contributed by atoms with van der Waals surface area (Å²) >= 11 is 0. The zero-order chi connectivity index (χ0) is 17.1. The van der Waals surface area contributed by atoms with E-state index in [4.69, 9.17) is 4.74 Å². The number of hydrogen-bond acceptors (Lipinski definition) is 2. The van der Waals surface area contributed by atoms with Crippen molar-refractivity contribution in [3.05, 3.63) is 75.6 Å². The molecule has 0 radical (unpaired) electrons. The van der Waals surface area contributed by atoms with Crippen LogP contribution >= 0.6 is 0 Å². The Labute approximate surface area is 142 Å². The number of rotatable bonds is 5. The second kappa shape index (κ2) is 6.91. The normalized spacial score (nSPS) is 11.0. The molecule has 0 aliphatic carbocycles. The van der Waals surface area contributed by atoms with E-state index in [-0.39, 0.29) is 5.56 Å². The van der Waals surface area contributed by atoms with E-state index in [2.05, 4.69) is 19.1 Å². The topological polar surface area (TPSA) is 31.2 Å². The molecule has 0 spiro atoms. The highest BCUT2D eigenvalue weighted by Crippen LogP contribution is 2.20. The second-order valence-corrected chi connectivity index (χ2v) is 6.31. The number of aromatic nitrogens is 1. The molecule has 3 heteroatoms. The fourth-order valence-electron chi connectivity index (χ4n) is 3.13. The number of nitrogens with zero attached hydrogens (tertiary/aromatic N) is 1. The molecule has 0 aliphatic rings. The van der Waals surface area contributed by atoms with Crippen LogP contribution in [0, 0.1) is 20.8 Å². The maximum Gasteiger partial charge on any atom is 0.251 e. The minimum Gasteiger partial charge on any atom is -0.494 e. The molecule has 2 aromatic carbocycles. The predicted molar refractivity (Wildman–Crippen MR) is 99.0 cm³/mol. The van der Waals surface area contributed by atoms with Crippen LogP contribution in [0.4, 0.5) is 0 Å². The highest BCUT2D eigenvalue weighted by atomic mass is 16.5. The molecule has 0 aliphatic heterocycles. The van der Waals surface area contributed by atoms with Gasteiger partial charge < -0.3 is 9.30 Å². The molecule has 124 valence electrons. The molecule has 24 heavy (non-hydrogen) atoms. The van der Waals surface area contributed by atoms with Crippen molar-refractivity contribution >= 4 is 10.9 Å². The third-order valence-corrected chi connectivity index (χ3v) is 4.32. The van der Waals surface area contributed by atoms with Gasteiger partial charge in [0.2, 0.25) is 0 Å². The van der Waals surface area contributed by atoms with E-state index in [0.717, 1.165) is 34.2 Å². The fraction of sp³-hybridized carbons (Fsp3) is 0.286. The summed E-state index contributed by atoms with van der Waals surface area (Å²) in [5, 5.41) is 1.15. The molecule has 1 heterocycles. The quantitative estimate of drug-likeness (QED) is 0.652. The number of para-hydroxylation sites is 1. The molecule has 0 N–H and O–H groups in total. The van der Waals surface area contributed by atoms with Gasteiger partial charge >= 0.3 is 0 Å². The van der Waals surface area contributed by atoms with E-state index in [0.29, 0.717) is 13.2 Å². The molecule has 0 amide bonds. The molecular formula is C21H23NO2. The first-order chi connectivity index (χ1) is 11.6. The van der Waals surface area contributed by atoms with Crippen molar-refractivity contribution in [3.63, 3.8) is 0 Å². The number of ether oxygens (including phenoxy) is 1. The molecule has 0 bridgehead atoms. The molecular weight excluding hydrogens is 298 g/mol. The van der Waals surface area contributed by atoms with Crippen molar-refractivity contribution in [3.8, 4) is 5.75 Å². The lowest BCUT2D eigenvalue weighted by Gasteiger charge is -2.14. The van der Waals surface area contributed by atoms with E-state index in [9.17, 15) is 4.79 Å². The summed E-state index contributed by atoms with van der Waals surface area (Å²) in [6.07, 6.45) is 0.792. The van der Waals surface area contributed by atoms with Crippen LogP contribution in [-0.2, 0) is 6.54 Å². The van der Waals surface area contributed by atoms with Gasteiger partial charge in [-0.1, -0.05) is 30.3 Å². The number of pyridine rings is 1. The number of aryl methyl sites for hydroxylation is 4. The van der Waals surface area contributed by atoms with Crippen LogP contribution in [0.15, 0.2) is 53.3 Å². The summed E-state index contributed by atoms with van der Waals surface area (Å²) in [6.45, 7) is 7.35. The lowest BCUT2D eigenvalue weighted by molar-refractivity contribution is 0.301. The van der Waals surface area contributed by atoms with E-state index >= 15 is 0 Å². The van der Waals surface area contributed by atoms with Crippen LogP contribution in [0.3, 0.4) is 0 Å². The van der Waals surface area contributed by atoms with Gasteiger partial charge in [-0.15, -0.1) is 0 Å². The number of fused-ring (bicyclic) bond motifs is 1. The Hall–Kier alpha value is -2.55. The summed E-state index contributed by atoms with van der Waals surface area (Å²) in [6, 6.07) is 15.9.